The Labute approximate surface area is 226 Å². The third kappa shape index (κ3) is 6.31. The molecular weight excluding hydrogens is 484 g/mol. The molecule has 1 saturated carbocycles. The van der Waals surface area contributed by atoms with Crippen LogP contribution in [0, 0.1) is 17.8 Å². The van der Waals surface area contributed by atoms with E-state index in [1.54, 1.807) is 25.8 Å². The van der Waals surface area contributed by atoms with Gasteiger partial charge in [0.15, 0.2) is 5.60 Å². The van der Waals surface area contributed by atoms with Crippen molar-refractivity contribution in [3.8, 4) is 5.75 Å². The van der Waals surface area contributed by atoms with Gasteiger partial charge in [-0.3, -0.25) is 14.4 Å². The van der Waals surface area contributed by atoms with E-state index in [0.717, 1.165) is 24.9 Å². The van der Waals surface area contributed by atoms with Crippen molar-refractivity contribution in [3.63, 3.8) is 0 Å². The second kappa shape index (κ2) is 11.6. The highest BCUT2D eigenvalue weighted by Gasteiger charge is 2.42. The van der Waals surface area contributed by atoms with Crippen LogP contribution >= 0.6 is 0 Å². The highest BCUT2D eigenvalue weighted by Crippen LogP contribution is 2.42. The van der Waals surface area contributed by atoms with Crippen LogP contribution in [-0.2, 0) is 19.1 Å². The van der Waals surface area contributed by atoms with E-state index in [-0.39, 0.29) is 41.6 Å². The molecule has 1 aliphatic carbocycles. The lowest BCUT2D eigenvalue weighted by atomic mass is 9.88. The van der Waals surface area contributed by atoms with E-state index in [1.807, 2.05) is 30.0 Å². The van der Waals surface area contributed by atoms with Gasteiger partial charge >= 0.3 is 0 Å². The summed E-state index contributed by atoms with van der Waals surface area (Å²) in [6, 6.07) is 5.73. The van der Waals surface area contributed by atoms with Gasteiger partial charge in [0.25, 0.3) is 5.91 Å². The second-order valence-electron chi connectivity index (χ2n) is 11.9. The Morgan fingerprint density at radius 2 is 1.95 bits per heavy atom. The molecule has 3 amide bonds. The molecule has 0 radical (unpaired) electrons. The van der Waals surface area contributed by atoms with Crippen molar-refractivity contribution >= 4 is 29.1 Å². The highest BCUT2D eigenvalue weighted by molar-refractivity contribution is 6.03. The third-order valence-corrected chi connectivity index (χ3v) is 7.61. The molecule has 1 saturated heterocycles. The number of hydrogen-bond acceptors (Lipinski definition) is 6. The van der Waals surface area contributed by atoms with Crippen LogP contribution in [0.4, 0.5) is 11.4 Å². The van der Waals surface area contributed by atoms with E-state index in [9.17, 15) is 14.4 Å². The fourth-order valence-corrected chi connectivity index (χ4v) is 5.53. The van der Waals surface area contributed by atoms with Gasteiger partial charge in [-0.2, -0.15) is 0 Å². The summed E-state index contributed by atoms with van der Waals surface area (Å²) in [6.07, 6.45) is 3.24. The first-order chi connectivity index (χ1) is 18.0. The Bertz CT molecular complexity index is 1040. The number of anilines is 2. The van der Waals surface area contributed by atoms with Crippen LogP contribution in [0.15, 0.2) is 18.2 Å². The molecule has 2 aliphatic heterocycles. The lowest BCUT2D eigenvalue weighted by Crippen LogP contribution is -2.52. The largest absolute Gasteiger partial charge is 0.476 e. The molecule has 2 fully saturated rings. The average molecular weight is 529 g/mol. The predicted octanol–water partition coefficient (Wildman–Crippen LogP) is 3.11. The van der Waals surface area contributed by atoms with Gasteiger partial charge in [-0.05, 0) is 70.6 Å². The van der Waals surface area contributed by atoms with Crippen LogP contribution in [0.1, 0.15) is 60.3 Å². The van der Waals surface area contributed by atoms with Crippen molar-refractivity contribution in [3.05, 3.63) is 18.2 Å². The van der Waals surface area contributed by atoms with Crippen molar-refractivity contribution in [2.75, 3.05) is 43.2 Å². The van der Waals surface area contributed by atoms with Crippen molar-refractivity contribution in [2.45, 2.75) is 78.0 Å². The standard InChI is InChI=1S/C29H44N4O5/c1-7-37-17-21(12-18(2)3)31-26(34)19-13-20(16-30-15-19)27(35)33(22-8-9-22)23-10-11-25-24(14-23)32(6)28(36)29(4,5)38-25/h10-11,14,18-22,30H,7-9,12-13,15-17H2,1-6H3,(H,31,34). The fourth-order valence-electron chi connectivity index (χ4n) is 5.53. The van der Waals surface area contributed by atoms with Crippen molar-refractivity contribution in [1.82, 2.24) is 10.6 Å². The van der Waals surface area contributed by atoms with Crippen LogP contribution in [0.2, 0.25) is 0 Å². The topological polar surface area (TPSA) is 100 Å². The van der Waals surface area contributed by atoms with Gasteiger partial charge < -0.3 is 29.9 Å². The molecule has 2 N–H and O–H groups in total. The minimum atomic E-state index is -0.935. The van der Waals surface area contributed by atoms with E-state index in [1.165, 1.54) is 0 Å². The molecule has 3 atom stereocenters. The summed E-state index contributed by atoms with van der Waals surface area (Å²) < 4.78 is 11.6. The molecule has 1 aromatic rings. The van der Waals surface area contributed by atoms with Gasteiger partial charge in [0.2, 0.25) is 11.8 Å². The van der Waals surface area contributed by atoms with Gasteiger partial charge in [0.1, 0.15) is 5.75 Å². The summed E-state index contributed by atoms with van der Waals surface area (Å²) in [6.45, 7) is 11.9. The fraction of sp³-hybridized carbons (Fsp3) is 0.690. The smallest absolute Gasteiger partial charge is 0.270 e. The summed E-state index contributed by atoms with van der Waals surface area (Å²) in [5.74, 6) is 0.358. The minimum Gasteiger partial charge on any atom is -0.476 e. The van der Waals surface area contributed by atoms with Gasteiger partial charge in [-0.1, -0.05) is 13.8 Å². The molecule has 2 heterocycles. The number of piperidine rings is 1. The highest BCUT2D eigenvalue weighted by atomic mass is 16.5. The molecule has 3 unspecified atom stereocenters. The molecule has 4 rings (SSSR count). The summed E-state index contributed by atoms with van der Waals surface area (Å²) in [5, 5.41) is 6.51. The van der Waals surface area contributed by atoms with Gasteiger partial charge in [0.05, 0.1) is 30.2 Å². The monoisotopic (exact) mass is 528 g/mol. The molecule has 0 aromatic heterocycles. The van der Waals surface area contributed by atoms with Crippen LogP contribution < -0.4 is 25.2 Å². The summed E-state index contributed by atoms with van der Waals surface area (Å²) in [7, 11) is 1.74. The zero-order chi connectivity index (χ0) is 27.6. The zero-order valence-electron chi connectivity index (χ0n) is 23.7. The number of likely N-dealkylation sites (N-methyl/N-ethyl adjacent to an activating group) is 1. The molecule has 1 aromatic carbocycles. The normalized spacial score (nSPS) is 23.4. The Balaban J connectivity index is 1.48. The second-order valence-corrected chi connectivity index (χ2v) is 11.9. The number of fused-ring (bicyclic) bond motifs is 1. The van der Waals surface area contributed by atoms with Crippen LogP contribution in [-0.4, -0.2) is 68.8 Å². The number of rotatable bonds is 10. The number of ether oxygens (including phenoxy) is 2. The number of nitrogens with one attached hydrogen (secondary N) is 2. The van der Waals surface area contributed by atoms with E-state index < -0.39 is 5.60 Å². The Hall–Kier alpha value is -2.65. The summed E-state index contributed by atoms with van der Waals surface area (Å²) >= 11 is 0. The first-order valence-electron chi connectivity index (χ1n) is 14.0. The van der Waals surface area contributed by atoms with Crippen molar-refractivity contribution in [2.24, 2.45) is 17.8 Å². The first-order valence-corrected chi connectivity index (χ1v) is 14.0. The molecule has 3 aliphatic rings. The molecule has 9 heteroatoms. The lowest BCUT2D eigenvalue weighted by Gasteiger charge is -2.38. The Morgan fingerprint density at radius 3 is 2.61 bits per heavy atom. The van der Waals surface area contributed by atoms with Crippen molar-refractivity contribution < 1.29 is 23.9 Å². The Kier molecular flexibility index (Phi) is 8.67. The van der Waals surface area contributed by atoms with E-state index in [4.69, 9.17) is 9.47 Å². The summed E-state index contributed by atoms with van der Waals surface area (Å²) in [4.78, 5) is 43.4. The first kappa shape index (κ1) is 28.4. The zero-order valence-corrected chi connectivity index (χ0v) is 23.7. The number of amides is 3. The maximum atomic E-state index is 13.9. The number of nitrogens with zero attached hydrogens (tertiary/aromatic N) is 2. The average Bonchev–Trinajstić information content (AvgIpc) is 3.71. The van der Waals surface area contributed by atoms with Gasteiger partial charge in [-0.15, -0.1) is 0 Å². The number of hydrogen-bond donors (Lipinski definition) is 2. The number of benzene rings is 1. The van der Waals surface area contributed by atoms with Crippen LogP contribution in [0.3, 0.4) is 0 Å². The lowest BCUT2D eigenvalue weighted by molar-refractivity contribution is -0.132. The van der Waals surface area contributed by atoms with E-state index in [2.05, 4.69) is 24.5 Å². The minimum absolute atomic E-state index is 0.0213. The quantitative estimate of drug-likeness (QED) is 0.484. The Morgan fingerprint density at radius 1 is 1.24 bits per heavy atom. The van der Waals surface area contributed by atoms with E-state index >= 15 is 0 Å². The maximum absolute atomic E-state index is 13.9. The summed E-state index contributed by atoms with van der Waals surface area (Å²) in [5.41, 5.74) is 0.490. The molecule has 210 valence electrons. The molecule has 9 nitrogen and oxygen atoms in total. The molecule has 0 spiro atoms. The number of carbonyl (C=O) groups is 3. The maximum Gasteiger partial charge on any atom is 0.270 e. The SMILES string of the molecule is CCOCC(CC(C)C)NC(=O)C1CNCC(C(=O)N(c2ccc3c(c2)N(C)C(=O)C(C)(C)O3)C2CC2)C1. The third-order valence-electron chi connectivity index (χ3n) is 7.61. The van der Waals surface area contributed by atoms with E-state index in [0.29, 0.717) is 50.1 Å². The van der Waals surface area contributed by atoms with Crippen LogP contribution in [0.25, 0.3) is 0 Å². The van der Waals surface area contributed by atoms with Crippen LogP contribution in [0.5, 0.6) is 5.75 Å². The molecular formula is C29H44N4O5. The van der Waals surface area contributed by atoms with Crippen molar-refractivity contribution in [1.29, 1.82) is 0 Å². The molecule has 0 bridgehead atoms. The molecule has 38 heavy (non-hydrogen) atoms. The predicted molar refractivity (Wildman–Crippen MR) is 147 cm³/mol. The number of carbonyl (C=O) groups excluding carboxylic acids is 3. The van der Waals surface area contributed by atoms with Gasteiger partial charge in [0, 0.05) is 38.5 Å². The van der Waals surface area contributed by atoms with Gasteiger partial charge in [-0.25, -0.2) is 0 Å².